The first-order chi connectivity index (χ1) is 30.3. The Balaban J connectivity index is 1.12. The van der Waals surface area contributed by atoms with Crippen LogP contribution >= 0.6 is 0 Å². The second-order valence-electron chi connectivity index (χ2n) is 16.1. The molecule has 14 rings (SSSR count). The molecule has 5 heteroatoms. The van der Waals surface area contributed by atoms with Crippen molar-refractivity contribution < 1.29 is 4.42 Å². The van der Waals surface area contributed by atoms with Gasteiger partial charge in [0.05, 0.1) is 33.3 Å². The zero-order valence-corrected chi connectivity index (χ0v) is 32.7. The molecular formula is C56H32N4O. The fourth-order valence-electron chi connectivity index (χ4n) is 10.3. The maximum Gasteiger partial charge on any atom is 0.235 e. The van der Waals surface area contributed by atoms with Crippen LogP contribution in [0.4, 0.5) is 0 Å². The first kappa shape index (κ1) is 32.7. The molecule has 282 valence electrons. The molecule has 4 heterocycles. The van der Waals surface area contributed by atoms with Crippen molar-refractivity contribution >= 4 is 109 Å². The van der Waals surface area contributed by atoms with Gasteiger partial charge in [-0.15, -0.1) is 0 Å². The third-order valence-corrected chi connectivity index (χ3v) is 12.9. The summed E-state index contributed by atoms with van der Waals surface area (Å²) in [5.74, 6) is 0.634. The molecule has 0 spiro atoms. The Bertz CT molecular complexity index is 4170. The minimum Gasteiger partial charge on any atom is -0.456 e. The van der Waals surface area contributed by atoms with E-state index in [2.05, 4.69) is 191 Å². The summed E-state index contributed by atoms with van der Waals surface area (Å²) in [5.41, 5.74) is 10.2. The van der Waals surface area contributed by atoms with Crippen LogP contribution in [0.3, 0.4) is 0 Å². The minimum absolute atomic E-state index is 0.634. The minimum atomic E-state index is 0.634. The quantitative estimate of drug-likeness (QED) is 0.168. The summed E-state index contributed by atoms with van der Waals surface area (Å²) >= 11 is 0. The van der Waals surface area contributed by atoms with Crippen LogP contribution in [0.1, 0.15) is 0 Å². The standard InChI is InChI=1S/C56H32N4O/c1-2-14-35(15-3-1)59-46-23-11-8-18-38(46)44-30-34(26-28-48(44)59)54-53-40-20-6-4-16-36(40)37-17-5-7-21-41(37)55(53)58-56(57-54)60-47-24-12-9-19-39(47)45-32-43-33(31-49(45)60)27-29-51-52(43)42-22-10-13-25-50(42)61-51/h1-32H. The first-order valence-electron chi connectivity index (χ1n) is 20.7. The summed E-state index contributed by atoms with van der Waals surface area (Å²) in [6.07, 6.45) is 0. The first-order valence-corrected chi connectivity index (χ1v) is 20.7. The van der Waals surface area contributed by atoms with Crippen molar-refractivity contribution in [3.8, 4) is 22.9 Å². The Morgan fingerprint density at radius 2 is 0.951 bits per heavy atom. The second kappa shape index (κ2) is 12.1. The van der Waals surface area contributed by atoms with Crippen molar-refractivity contribution in [1.29, 1.82) is 0 Å². The topological polar surface area (TPSA) is 48.8 Å². The summed E-state index contributed by atoms with van der Waals surface area (Å²) in [4.78, 5) is 11.3. The lowest BCUT2D eigenvalue weighted by molar-refractivity contribution is 0.669. The summed E-state index contributed by atoms with van der Waals surface area (Å²) < 4.78 is 11.0. The van der Waals surface area contributed by atoms with Crippen molar-refractivity contribution in [2.24, 2.45) is 0 Å². The van der Waals surface area contributed by atoms with E-state index in [1.165, 1.54) is 32.4 Å². The molecular weight excluding hydrogens is 745 g/mol. The van der Waals surface area contributed by atoms with Crippen LogP contribution < -0.4 is 0 Å². The van der Waals surface area contributed by atoms with Gasteiger partial charge in [0, 0.05) is 54.3 Å². The summed E-state index contributed by atoms with van der Waals surface area (Å²) in [6, 6.07) is 69.5. The number of nitrogens with zero attached hydrogens (tertiary/aromatic N) is 4. The number of benzene rings is 10. The lowest BCUT2D eigenvalue weighted by Gasteiger charge is -2.16. The Kier molecular flexibility index (Phi) is 6.49. The molecule has 0 aliphatic carbocycles. The molecule has 0 bridgehead atoms. The van der Waals surface area contributed by atoms with Gasteiger partial charge in [-0.1, -0.05) is 133 Å². The maximum atomic E-state index is 6.34. The molecule has 0 saturated carbocycles. The highest BCUT2D eigenvalue weighted by Crippen LogP contribution is 2.44. The fraction of sp³-hybridized carbons (Fsp3) is 0. The predicted octanol–water partition coefficient (Wildman–Crippen LogP) is 14.8. The fourth-order valence-corrected chi connectivity index (χ4v) is 10.3. The van der Waals surface area contributed by atoms with Crippen molar-refractivity contribution in [1.82, 2.24) is 19.1 Å². The van der Waals surface area contributed by atoms with E-state index in [0.29, 0.717) is 5.95 Å². The molecule has 0 N–H and O–H groups in total. The molecule has 61 heavy (non-hydrogen) atoms. The van der Waals surface area contributed by atoms with E-state index in [9.17, 15) is 0 Å². The highest BCUT2D eigenvalue weighted by Gasteiger charge is 2.23. The molecule has 0 aliphatic heterocycles. The number of furan rings is 1. The third-order valence-electron chi connectivity index (χ3n) is 12.9. The Morgan fingerprint density at radius 1 is 0.344 bits per heavy atom. The molecule has 14 aromatic rings. The van der Waals surface area contributed by atoms with Gasteiger partial charge in [0.2, 0.25) is 5.95 Å². The third kappa shape index (κ3) is 4.49. The van der Waals surface area contributed by atoms with Crippen molar-refractivity contribution in [3.63, 3.8) is 0 Å². The molecule has 0 aliphatic rings. The molecule has 0 unspecified atom stereocenters. The molecule has 0 radical (unpaired) electrons. The molecule has 5 nitrogen and oxygen atoms in total. The number of fused-ring (bicyclic) bond motifs is 17. The summed E-state index contributed by atoms with van der Waals surface area (Å²) in [5, 5.41) is 14.9. The molecule has 0 atom stereocenters. The predicted molar refractivity (Wildman–Crippen MR) is 253 cm³/mol. The van der Waals surface area contributed by atoms with E-state index in [1.807, 2.05) is 12.1 Å². The molecule has 0 saturated heterocycles. The summed E-state index contributed by atoms with van der Waals surface area (Å²) in [7, 11) is 0. The molecule has 4 aromatic heterocycles. The number of hydrogen-bond acceptors (Lipinski definition) is 3. The monoisotopic (exact) mass is 776 g/mol. The van der Waals surface area contributed by atoms with Crippen LogP contribution in [-0.2, 0) is 0 Å². The van der Waals surface area contributed by atoms with Gasteiger partial charge >= 0.3 is 0 Å². The highest BCUT2D eigenvalue weighted by atomic mass is 16.3. The number of hydrogen-bond donors (Lipinski definition) is 0. The van der Waals surface area contributed by atoms with E-state index in [1.54, 1.807) is 0 Å². The van der Waals surface area contributed by atoms with Crippen LogP contribution in [0, 0.1) is 0 Å². The average molecular weight is 777 g/mol. The SMILES string of the molecule is c1ccc(-n2c3ccccc3c3cc(-c4nc(-n5c6ccccc6c6cc7c(ccc8oc9ccccc9c87)cc65)nc5c6ccccc6c6ccccc6c45)ccc32)cc1. The molecule has 0 amide bonds. The van der Waals surface area contributed by atoms with Gasteiger partial charge in [-0.3, -0.25) is 4.57 Å². The van der Waals surface area contributed by atoms with Gasteiger partial charge in [-0.25, -0.2) is 9.97 Å². The van der Waals surface area contributed by atoms with E-state index in [4.69, 9.17) is 14.4 Å². The molecule has 10 aromatic carbocycles. The van der Waals surface area contributed by atoms with Gasteiger partial charge in [0.15, 0.2) is 0 Å². The van der Waals surface area contributed by atoms with Crippen LogP contribution in [0.5, 0.6) is 0 Å². The van der Waals surface area contributed by atoms with Crippen LogP contribution in [-0.4, -0.2) is 19.1 Å². The second-order valence-corrected chi connectivity index (χ2v) is 16.1. The lowest BCUT2D eigenvalue weighted by Crippen LogP contribution is -2.04. The largest absolute Gasteiger partial charge is 0.456 e. The normalized spacial score (nSPS) is 12.3. The van der Waals surface area contributed by atoms with E-state index >= 15 is 0 Å². The Hall–Kier alpha value is -8.28. The molecule has 0 fully saturated rings. The van der Waals surface area contributed by atoms with Crippen molar-refractivity contribution in [2.45, 2.75) is 0 Å². The van der Waals surface area contributed by atoms with Gasteiger partial charge in [0.25, 0.3) is 0 Å². The van der Waals surface area contributed by atoms with Crippen LogP contribution in [0.2, 0.25) is 0 Å². The average Bonchev–Trinajstić information content (AvgIpc) is 3.98. The highest BCUT2D eigenvalue weighted by molar-refractivity contribution is 6.28. The van der Waals surface area contributed by atoms with Crippen molar-refractivity contribution in [3.05, 3.63) is 194 Å². The van der Waals surface area contributed by atoms with Gasteiger partial charge < -0.3 is 8.98 Å². The Morgan fingerprint density at radius 3 is 1.74 bits per heavy atom. The van der Waals surface area contributed by atoms with Gasteiger partial charge in [-0.05, 0) is 87.6 Å². The maximum absolute atomic E-state index is 6.34. The van der Waals surface area contributed by atoms with Gasteiger partial charge in [0.1, 0.15) is 11.2 Å². The van der Waals surface area contributed by atoms with E-state index in [0.717, 1.165) is 93.3 Å². The number of para-hydroxylation sites is 4. The van der Waals surface area contributed by atoms with Crippen LogP contribution in [0.25, 0.3) is 132 Å². The smallest absolute Gasteiger partial charge is 0.235 e. The summed E-state index contributed by atoms with van der Waals surface area (Å²) in [6.45, 7) is 0. The number of aromatic nitrogens is 4. The van der Waals surface area contributed by atoms with E-state index < -0.39 is 0 Å². The lowest BCUT2D eigenvalue weighted by atomic mass is 9.94. The zero-order chi connectivity index (χ0) is 39.8. The zero-order valence-electron chi connectivity index (χ0n) is 32.7. The van der Waals surface area contributed by atoms with E-state index in [-0.39, 0.29) is 0 Å². The number of rotatable bonds is 3. The van der Waals surface area contributed by atoms with Crippen molar-refractivity contribution in [2.75, 3.05) is 0 Å². The Labute approximate surface area is 347 Å². The van der Waals surface area contributed by atoms with Gasteiger partial charge in [-0.2, -0.15) is 0 Å². The van der Waals surface area contributed by atoms with Crippen LogP contribution in [0.15, 0.2) is 199 Å².